The van der Waals surface area contributed by atoms with E-state index in [0.717, 1.165) is 36.8 Å². The van der Waals surface area contributed by atoms with Crippen molar-refractivity contribution in [3.63, 3.8) is 0 Å². The van der Waals surface area contributed by atoms with E-state index in [9.17, 15) is 4.79 Å². The number of nitrogens with zero attached hydrogens (tertiary/aromatic N) is 1. The molecule has 1 fully saturated rings. The summed E-state index contributed by atoms with van der Waals surface area (Å²) in [6.45, 7) is 1.70. The van der Waals surface area contributed by atoms with Crippen molar-refractivity contribution in [3.8, 4) is 5.88 Å². The maximum atomic E-state index is 11.0. The van der Waals surface area contributed by atoms with Crippen LogP contribution in [0, 0.1) is 0 Å². The summed E-state index contributed by atoms with van der Waals surface area (Å²) < 4.78 is 5.05. The Kier molecular flexibility index (Phi) is 4.20. The molecule has 0 saturated heterocycles. The molecule has 4 nitrogen and oxygen atoms in total. The van der Waals surface area contributed by atoms with Crippen LogP contribution >= 0.6 is 0 Å². The van der Waals surface area contributed by atoms with Crippen LogP contribution in [0.3, 0.4) is 0 Å². The molecule has 102 valence electrons. The van der Waals surface area contributed by atoms with Crippen LogP contribution in [0.15, 0.2) is 29.5 Å². The van der Waals surface area contributed by atoms with Crippen molar-refractivity contribution in [1.82, 2.24) is 4.98 Å². The molecule has 0 spiro atoms. The first-order valence-electron chi connectivity index (χ1n) is 6.53. The number of aromatic nitrogens is 1. The molecule has 1 unspecified atom stereocenters. The van der Waals surface area contributed by atoms with Crippen molar-refractivity contribution < 1.29 is 14.6 Å². The third-order valence-electron chi connectivity index (χ3n) is 3.81. The van der Waals surface area contributed by atoms with Crippen LogP contribution < -0.4 is 4.74 Å². The molecule has 1 aromatic rings. The number of carboxylic acids is 1. The van der Waals surface area contributed by atoms with Crippen molar-refractivity contribution in [1.29, 1.82) is 0 Å². The summed E-state index contributed by atoms with van der Waals surface area (Å²) in [5.74, 6) is 0.178. The molecule has 1 aliphatic carbocycles. The number of methoxy groups -OCH3 is 1. The zero-order chi connectivity index (χ0) is 13.8. The van der Waals surface area contributed by atoms with Crippen LogP contribution in [0.25, 0.3) is 0 Å². The summed E-state index contributed by atoms with van der Waals surface area (Å²) in [5.41, 5.74) is 2.74. The molecule has 1 N–H and O–H groups in total. The molecule has 0 bridgehead atoms. The minimum Gasteiger partial charge on any atom is -0.481 e. The molecule has 1 saturated carbocycles. The Hall–Kier alpha value is -1.84. The van der Waals surface area contributed by atoms with Gasteiger partial charge in [-0.3, -0.25) is 0 Å². The van der Waals surface area contributed by atoms with Crippen molar-refractivity contribution in [2.45, 2.75) is 38.5 Å². The van der Waals surface area contributed by atoms with Crippen LogP contribution in [0.2, 0.25) is 0 Å². The molecule has 1 aromatic heterocycles. The number of carboxylic acid groups (broad SMARTS) is 1. The predicted octanol–water partition coefficient (Wildman–Crippen LogP) is 3.15. The van der Waals surface area contributed by atoms with E-state index in [1.54, 1.807) is 14.0 Å². The Labute approximate surface area is 113 Å². The van der Waals surface area contributed by atoms with Gasteiger partial charge in [0.15, 0.2) is 0 Å². The fraction of sp³-hybridized carbons (Fsp3) is 0.467. The average molecular weight is 261 g/mol. The smallest absolute Gasteiger partial charge is 0.331 e. The Bertz CT molecular complexity index is 491. The van der Waals surface area contributed by atoms with E-state index in [1.807, 2.05) is 18.3 Å². The second-order valence-electron chi connectivity index (χ2n) is 4.96. The monoisotopic (exact) mass is 261 g/mol. The normalized spacial score (nSPS) is 21.9. The highest BCUT2D eigenvalue weighted by molar-refractivity contribution is 5.86. The van der Waals surface area contributed by atoms with Gasteiger partial charge in [0.25, 0.3) is 0 Å². The number of ether oxygens (including phenoxy) is 1. The Morgan fingerprint density at radius 1 is 1.47 bits per heavy atom. The lowest BCUT2D eigenvalue weighted by molar-refractivity contribution is -0.132. The zero-order valence-corrected chi connectivity index (χ0v) is 11.3. The first kappa shape index (κ1) is 13.6. The number of rotatable bonds is 3. The van der Waals surface area contributed by atoms with E-state index < -0.39 is 5.97 Å². The highest BCUT2D eigenvalue weighted by Gasteiger charge is 2.22. The van der Waals surface area contributed by atoms with Gasteiger partial charge in [-0.1, -0.05) is 11.6 Å². The standard InChI is InChI=1S/C15H19NO3/c1-10(15(17)18)11-4-3-5-12(8-11)13-6-7-14(19-2)16-9-13/h6-7,9,12H,3-5,8H2,1-2H3,(H,17,18). The lowest BCUT2D eigenvalue weighted by Crippen LogP contribution is -2.11. The predicted molar refractivity (Wildman–Crippen MR) is 72.3 cm³/mol. The highest BCUT2D eigenvalue weighted by atomic mass is 16.5. The summed E-state index contributed by atoms with van der Waals surface area (Å²) in [6, 6.07) is 3.88. The molecule has 0 radical (unpaired) electrons. The molecular weight excluding hydrogens is 242 g/mol. The largest absolute Gasteiger partial charge is 0.481 e. The SMILES string of the molecule is COc1ccc(C2CCCC(=C(C)C(=O)O)C2)cn1. The molecule has 0 aromatic carbocycles. The van der Waals surface area contributed by atoms with Gasteiger partial charge < -0.3 is 9.84 Å². The second-order valence-corrected chi connectivity index (χ2v) is 4.96. The Morgan fingerprint density at radius 3 is 2.84 bits per heavy atom. The van der Waals surface area contributed by atoms with Gasteiger partial charge in [-0.15, -0.1) is 0 Å². The van der Waals surface area contributed by atoms with E-state index in [4.69, 9.17) is 9.84 Å². The third-order valence-corrected chi connectivity index (χ3v) is 3.81. The minimum atomic E-state index is -0.802. The van der Waals surface area contributed by atoms with Crippen LogP contribution in [-0.2, 0) is 4.79 Å². The number of aliphatic carboxylic acids is 1. The summed E-state index contributed by atoms with van der Waals surface area (Å²) in [7, 11) is 1.60. The fourth-order valence-electron chi connectivity index (χ4n) is 2.59. The molecule has 19 heavy (non-hydrogen) atoms. The Morgan fingerprint density at radius 2 is 2.26 bits per heavy atom. The van der Waals surface area contributed by atoms with Gasteiger partial charge in [-0.25, -0.2) is 9.78 Å². The van der Waals surface area contributed by atoms with Gasteiger partial charge in [0.1, 0.15) is 0 Å². The summed E-state index contributed by atoms with van der Waals surface area (Å²) >= 11 is 0. The summed E-state index contributed by atoms with van der Waals surface area (Å²) in [4.78, 5) is 15.3. The lowest BCUT2D eigenvalue weighted by Gasteiger charge is -2.25. The van der Waals surface area contributed by atoms with Gasteiger partial charge >= 0.3 is 5.97 Å². The summed E-state index contributed by atoms with van der Waals surface area (Å²) in [6.07, 6.45) is 5.69. The van der Waals surface area contributed by atoms with E-state index in [2.05, 4.69) is 4.98 Å². The quantitative estimate of drug-likeness (QED) is 0.849. The maximum absolute atomic E-state index is 11.0. The van der Waals surface area contributed by atoms with E-state index in [-0.39, 0.29) is 0 Å². The molecule has 1 atom stereocenters. The lowest BCUT2D eigenvalue weighted by atomic mass is 9.80. The van der Waals surface area contributed by atoms with Crippen molar-refractivity contribution in [2.75, 3.05) is 7.11 Å². The maximum Gasteiger partial charge on any atom is 0.331 e. The number of hydrogen-bond acceptors (Lipinski definition) is 3. The minimum absolute atomic E-state index is 0.372. The van der Waals surface area contributed by atoms with Gasteiger partial charge in [-0.05, 0) is 44.1 Å². The summed E-state index contributed by atoms with van der Waals surface area (Å²) in [5, 5.41) is 9.07. The van der Waals surface area contributed by atoms with Crippen molar-refractivity contribution in [2.24, 2.45) is 0 Å². The Balaban J connectivity index is 2.16. The molecule has 2 rings (SSSR count). The molecule has 1 aliphatic rings. The fourth-order valence-corrected chi connectivity index (χ4v) is 2.59. The van der Waals surface area contributed by atoms with E-state index in [1.165, 1.54) is 0 Å². The van der Waals surface area contributed by atoms with Gasteiger partial charge in [0.2, 0.25) is 5.88 Å². The number of hydrogen-bond donors (Lipinski definition) is 1. The number of carbonyl (C=O) groups is 1. The van der Waals surface area contributed by atoms with Crippen LogP contribution in [0.1, 0.15) is 44.1 Å². The first-order chi connectivity index (χ1) is 9.11. The van der Waals surface area contributed by atoms with E-state index >= 15 is 0 Å². The highest BCUT2D eigenvalue weighted by Crippen LogP contribution is 2.37. The molecule has 0 aliphatic heterocycles. The molecule has 4 heteroatoms. The van der Waals surface area contributed by atoms with E-state index in [0.29, 0.717) is 17.4 Å². The first-order valence-corrected chi connectivity index (χ1v) is 6.53. The van der Waals surface area contributed by atoms with Crippen LogP contribution in [0.5, 0.6) is 5.88 Å². The number of pyridine rings is 1. The van der Waals surface area contributed by atoms with Crippen molar-refractivity contribution >= 4 is 5.97 Å². The second kappa shape index (κ2) is 5.87. The van der Waals surface area contributed by atoms with Gasteiger partial charge in [0.05, 0.1) is 7.11 Å². The molecular formula is C15H19NO3. The molecule has 0 amide bonds. The number of allylic oxidation sites excluding steroid dienone is 1. The van der Waals surface area contributed by atoms with Crippen molar-refractivity contribution in [3.05, 3.63) is 35.0 Å². The third kappa shape index (κ3) is 3.13. The van der Waals surface area contributed by atoms with Crippen LogP contribution in [0.4, 0.5) is 0 Å². The van der Waals surface area contributed by atoms with Gasteiger partial charge in [-0.2, -0.15) is 0 Å². The topological polar surface area (TPSA) is 59.4 Å². The average Bonchev–Trinajstić information content (AvgIpc) is 2.46. The molecule has 1 heterocycles. The van der Waals surface area contributed by atoms with Crippen LogP contribution in [-0.4, -0.2) is 23.2 Å². The zero-order valence-electron chi connectivity index (χ0n) is 11.3. The van der Waals surface area contributed by atoms with Gasteiger partial charge in [0, 0.05) is 17.8 Å².